The summed E-state index contributed by atoms with van der Waals surface area (Å²) in [6.07, 6.45) is 3.80. The van der Waals surface area contributed by atoms with Gasteiger partial charge in [0.2, 0.25) is 41.4 Å². The summed E-state index contributed by atoms with van der Waals surface area (Å²) in [6, 6.07) is 13.6. The van der Waals surface area contributed by atoms with Crippen LogP contribution in [-0.4, -0.2) is 105 Å². The van der Waals surface area contributed by atoms with Crippen LogP contribution in [0.1, 0.15) is 49.9 Å². The van der Waals surface area contributed by atoms with E-state index in [4.69, 9.17) is 17.2 Å². The van der Waals surface area contributed by atoms with Crippen molar-refractivity contribution < 1.29 is 33.6 Å². The third kappa shape index (κ3) is 12.0. The number of hydrogen-bond acceptors (Lipinski definition) is 9. The van der Waals surface area contributed by atoms with Gasteiger partial charge in [0, 0.05) is 54.8 Å². The van der Waals surface area contributed by atoms with Crippen LogP contribution in [0.5, 0.6) is 0 Å². The SMILES string of the molecule is CC1(C)NC(=O)C[C@@H](C(N)=O)NC(=O)[C@H](Cc2c[nH]c3ccccc23)NC(=O)[C@H](CCCN=C(N)N)NC(=O)[C@@H](Cc2ccc3ccccc3c2)NC(=O)[C@H](Cc2cnc[nH]2)NC1=O. The van der Waals surface area contributed by atoms with Gasteiger partial charge < -0.3 is 59.1 Å². The van der Waals surface area contributed by atoms with Crippen molar-refractivity contribution in [1.82, 2.24) is 46.9 Å². The zero-order valence-electron chi connectivity index (χ0n) is 35.4. The lowest BCUT2D eigenvalue weighted by Gasteiger charge is -2.29. The van der Waals surface area contributed by atoms with Gasteiger partial charge in [0.15, 0.2) is 5.96 Å². The molecule has 14 N–H and O–H groups in total. The number of imidazole rings is 1. The Bertz CT molecular complexity index is 2550. The van der Waals surface area contributed by atoms with Crippen molar-refractivity contribution in [2.24, 2.45) is 22.2 Å². The molecule has 6 rings (SSSR count). The van der Waals surface area contributed by atoms with Gasteiger partial charge >= 0.3 is 0 Å². The fourth-order valence-electron chi connectivity index (χ4n) is 7.43. The van der Waals surface area contributed by atoms with E-state index < -0.39 is 83.5 Å². The fraction of sp³-hybridized carbons (Fsp3) is 0.341. The molecule has 20 heteroatoms. The summed E-state index contributed by atoms with van der Waals surface area (Å²) < 4.78 is 0. The van der Waals surface area contributed by atoms with Crippen molar-refractivity contribution >= 4 is 69.0 Å². The number of amides is 7. The topological polar surface area (TPSA) is 327 Å². The first-order valence-electron chi connectivity index (χ1n) is 20.7. The molecule has 3 aromatic carbocycles. The number of primary amides is 1. The zero-order chi connectivity index (χ0) is 46.0. The maximum Gasteiger partial charge on any atom is 0.245 e. The number of benzene rings is 3. The molecule has 0 spiro atoms. The summed E-state index contributed by atoms with van der Waals surface area (Å²) in [7, 11) is 0. The highest BCUT2D eigenvalue weighted by molar-refractivity contribution is 5.99. The zero-order valence-corrected chi connectivity index (χ0v) is 35.4. The predicted molar refractivity (Wildman–Crippen MR) is 238 cm³/mol. The summed E-state index contributed by atoms with van der Waals surface area (Å²) >= 11 is 0. The van der Waals surface area contributed by atoms with Crippen molar-refractivity contribution in [3.8, 4) is 0 Å². The largest absolute Gasteiger partial charge is 0.370 e. The molecule has 1 fully saturated rings. The Morgan fingerprint density at radius 2 is 1.38 bits per heavy atom. The maximum absolute atomic E-state index is 14.6. The first-order chi connectivity index (χ1) is 30.6. The molecular formula is C44H53N13O7. The van der Waals surface area contributed by atoms with Crippen LogP contribution in [0.4, 0.5) is 0 Å². The van der Waals surface area contributed by atoms with Gasteiger partial charge in [-0.3, -0.25) is 38.6 Å². The van der Waals surface area contributed by atoms with Gasteiger partial charge in [-0.1, -0.05) is 60.7 Å². The van der Waals surface area contributed by atoms with Crippen LogP contribution < -0.4 is 49.1 Å². The molecule has 2 aromatic heterocycles. The molecule has 0 bridgehead atoms. The molecule has 64 heavy (non-hydrogen) atoms. The highest BCUT2D eigenvalue weighted by atomic mass is 16.2. The van der Waals surface area contributed by atoms with Gasteiger partial charge in [-0.25, -0.2) is 4.98 Å². The van der Waals surface area contributed by atoms with Gasteiger partial charge in [0.25, 0.3) is 0 Å². The minimum Gasteiger partial charge on any atom is -0.370 e. The van der Waals surface area contributed by atoms with E-state index in [1.54, 1.807) is 6.20 Å². The number of carbonyl (C=O) groups is 7. The molecule has 0 radical (unpaired) electrons. The maximum atomic E-state index is 14.6. The summed E-state index contributed by atoms with van der Waals surface area (Å²) in [5.74, 6) is -6.03. The first-order valence-corrected chi connectivity index (χ1v) is 20.7. The van der Waals surface area contributed by atoms with Crippen LogP contribution in [0.3, 0.4) is 0 Å². The van der Waals surface area contributed by atoms with Crippen LogP contribution in [0.15, 0.2) is 90.4 Å². The Morgan fingerprint density at radius 3 is 2.08 bits per heavy atom. The molecule has 336 valence electrons. The van der Waals surface area contributed by atoms with Crippen molar-refractivity contribution in [3.63, 3.8) is 0 Å². The van der Waals surface area contributed by atoms with E-state index >= 15 is 0 Å². The standard InChI is InChI=1S/C44H53N13O7/c1-44(2)42(64)56-35(19-28-22-48-23-51-28)41(63)54-33(17-24-13-14-25-8-3-4-9-26(25)16-24)39(61)52-31(12-7-15-49-43(46)47)38(60)55-34(18-27-21-50-30-11-6-5-10-29(27)30)40(62)53-32(37(45)59)20-36(58)57-44/h3-6,8-11,13-14,16,21-23,31-35,50H,7,12,15,17-20H2,1-2H3,(H2,45,59)(H,48,51)(H,52,61)(H,53,62)(H,54,63)(H,55,60)(H,56,64)(H,57,58)(H4,46,47,49)/t31-,32-,33+,34-,35-/m0/s1. The Kier molecular flexibility index (Phi) is 14.6. The molecule has 0 aliphatic carbocycles. The van der Waals surface area contributed by atoms with Gasteiger partial charge in [0.1, 0.15) is 35.7 Å². The van der Waals surface area contributed by atoms with E-state index in [-0.39, 0.29) is 44.6 Å². The number of fused-ring (bicyclic) bond motifs is 2. The number of rotatable bonds is 11. The van der Waals surface area contributed by atoms with Crippen LogP contribution >= 0.6 is 0 Å². The van der Waals surface area contributed by atoms with Crippen LogP contribution in [0, 0.1) is 0 Å². The molecule has 5 aromatic rings. The highest BCUT2D eigenvalue weighted by Gasteiger charge is 2.37. The Morgan fingerprint density at radius 1 is 0.734 bits per heavy atom. The Balaban J connectivity index is 1.41. The Hall–Kier alpha value is -7.77. The quantitative estimate of drug-likeness (QED) is 0.0452. The molecule has 0 saturated carbocycles. The minimum absolute atomic E-state index is 0.0237. The molecule has 1 saturated heterocycles. The number of aliphatic imine (C=N–C) groups is 1. The number of aromatic amines is 2. The fourth-order valence-corrected chi connectivity index (χ4v) is 7.43. The minimum atomic E-state index is -1.68. The lowest BCUT2D eigenvalue weighted by Crippen LogP contribution is -2.61. The van der Waals surface area contributed by atoms with Crippen molar-refractivity contribution in [2.75, 3.05) is 6.54 Å². The van der Waals surface area contributed by atoms with Crippen molar-refractivity contribution in [2.45, 2.75) is 88.1 Å². The number of H-pyrrole nitrogens is 2. The lowest BCUT2D eigenvalue weighted by molar-refractivity contribution is -0.136. The van der Waals surface area contributed by atoms with E-state index in [0.717, 1.165) is 21.7 Å². The highest BCUT2D eigenvalue weighted by Crippen LogP contribution is 2.21. The molecule has 7 amide bonds. The summed E-state index contributed by atoms with van der Waals surface area (Å²) in [5.41, 5.74) is 17.7. The van der Waals surface area contributed by atoms with E-state index in [1.165, 1.54) is 26.4 Å². The molecule has 3 heterocycles. The molecular weight excluding hydrogens is 823 g/mol. The molecule has 20 nitrogen and oxygen atoms in total. The summed E-state index contributed by atoms with van der Waals surface area (Å²) in [4.78, 5) is 112. The number of guanidine groups is 1. The van der Waals surface area contributed by atoms with Crippen molar-refractivity contribution in [1.29, 1.82) is 0 Å². The molecule has 5 atom stereocenters. The number of nitrogens with one attached hydrogen (secondary N) is 8. The first kappa shape index (κ1) is 45.7. The number of nitrogens with zero attached hydrogens (tertiary/aromatic N) is 2. The average Bonchev–Trinajstić information content (AvgIpc) is 3.93. The smallest absolute Gasteiger partial charge is 0.245 e. The monoisotopic (exact) mass is 875 g/mol. The van der Waals surface area contributed by atoms with Gasteiger partial charge in [-0.2, -0.15) is 0 Å². The summed E-state index contributed by atoms with van der Waals surface area (Å²) in [6.45, 7) is 2.87. The van der Waals surface area contributed by atoms with Gasteiger partial charge in [-0.05, 0) is 54.7 Å². The number of para-hydroxylation sites is 1. The number of hydrogen-bond donors (Lipinski definition) is 11. The molecule has 0 unspecified atom stereocenters. The van der Waals surface area contributed by atoms with E-state index in [9.17, 15) is 33.6 Å². The molecule has 1 aliphatic rings. The van der Waals surface area contributed by atoms with Gasteiger partial charge in [0.05, 0.1) is 12.7 Å². The third-order valence-electron chi connectivity index (χ3n) is 10.9. The number of aromatic nitrogens is 3. The third-order valence-corrected chi connectivity index (χ3v) is 10.9. The van der Waals surface area contributed by atoms with Crippen molar-refractivity contribution in [3.05, 3.63) is 102 Å². The van der Waals surface area contributed by atoms with E-state index in [1.807, 2.05) is 66.7 Å². The number of nitrogens with two attached hydrogens (primary N) is 3. The normalized spacial score (nSPS) is 21.5. The summed E-state index contributed by atoms with van der Waals surface area (Å²) in [5, 5.41) is 18.7. The lowest BCUT2D eigenvalue weighted by atomic mass is 9.99. The predicted octanol–water partition coefficient (Wildman–Crippen LogP) is -0.666. The second kappa shape index (κ2) is 20.4. The van der Waals surface area contributed by atoms with Crippen LogP contribution in [0.2, 0.25) is 0 Å². The van der Waals surface area contributed by atoms with Gasteiger partial charge in [-0.15, -0.1) is 0 Å². The van der Waals surface area contributed by atoms with E-state index in [0.29, 0.717) is 16.8 Å². The second-order valence-electron chi connectivity index (χ2n) is 16.2. The molecule has 1 aliphatic heterocycles. The number of carbonyl (C=O) groups excluding carboxylic acids is 7. The second-order valence-corrected chi connectivity index (χ2v) is 16.2. The van der Waals surface area contributed by atoms with Crippen LogP contribution in [0.25, 0.3) is 21.7 Å². The average molecular weight is 876 g/mol. The Labute approximate surface area is 367 Å². The van der Waals surface area contributed by atoms with Crippen LogP contribution in [-0.2, 0) is 52.8 Å². The van der Waals surface area contributed by atoms with E-state index in [2.05, 4.69) is 51.8 Å².